The lowest BCUT2D eigenvalue weighted by Gasteiger charge is -2.21. The van der Waals surface area contributed by atoms with Crippen LogP contribution >= 0.6 is 23.5 Å². The third-order valence-electron chi connectivity index (χ3n) is 2.62. The van der Waals surface area contributed by atoms with Crippen molar-refractivity contribution in [1.29, 1.82) is 0 Å². The van der Waals surface area contributed by atoms with E-state index in [1.54, 1.807) is 11.8 Å². The number of hydrogen-bond donors (Lipinski definition) is 1. The van der Waals surface area contributed by atoms with Crippen LogP contribution in [0.15, 0.2) is 12.1 Å². The summed E-state index contributed by atoms with van der Waals surface area (Å²) in [5, 5.41) is 13.9. The minimum absolute atomic E-state index is 0.0985. The van der Waals surface area contributed by atoms with E-state index in [9.17, 15) is 18.9 Å². The van der Waals surface area contributed by atoms with Crippen LogP contribution in [0.3, 0.4) is 0 Å². The smallest absolute Gasteiger partial charge is 0.327 e. The molecule has 1 aliphatic heterocycles. The molecule has 0 aliphatic carbocycles. The van der Waals surface area contributed by atoms with Gasteiger partial charge in [0.1, 0.15) is 11.5 Å². The molecule has 1 unspecified atom stereocenters. The van der Waals surface area contributed by atoms with Crippen molar-refractivity contribution in [2.45, 2.75) is 5.25 Å². The first-order valence-electron chi connectivity index (χ1n) is 5.64. The normalized spacial score (nSPS) is 19.2. The van der Waals surface area contributed by atoms with Crippen LogP contribution in [0.1, 0.15) is 0 Å². The molecular weight excluding hydrogens is 294 g/mol. The Morgan fingerprint density at radius 3 is 2.84 bits per heavy atom. The van der Waals surface area contributed by atoms with Crippen LogP contribution in [0.25, 0.3) is 0 Å². The fraction of sp³-hybridized carbons (Fsp3) is 0.455. The molecule has 19 heavy (non-hydrogen) atoms. The van der Waals surface area contributed by atoms with Crippen LogP contribution in [-0.2, 0) is 0 Å². The van der Waals surface area contributed by atoms with Gasteiger partial charge in [0.2, 0.25) is 5.82 Å². The summed E-state index contributed by atoms with van der Waals surface area (Å²) in [6.07, 6.45) is 0. The second-order valence-corrected chi connectivity index (χ2v) is 6.55. The molecule has 1 aromatic rings. The van der Waals surface area contributed by atoms with Gasteiger partial charge in [-0.2, -0.15) is 27.9 Å². The predicted octanol–water partition coefficient (Wildman–Crippen LogP) is 3.13. The first-order valence-corrected chi connectivity index (χ1v) is 7.85. The van der Waals surface area contributed by atoms with Crippen molar-refractivity contribution >= 4 is 34.9 Å². The standard InChI is InChI=1S/C11H12F2N2O2S2/c12-7-3-9(13)11(15(16)17)10(4-7)14-5-8-6-18-1-2-19-8/h3-4,8,14H,1-2,5-6H2. The van der Waals surface area contributed by atoms with Crippen molar-refractivity contribution in [3.05, 3.63) is 33.9 Å². The number of benzene rings is 1. The topological polar surface area (TPSA) is 55.2 Å². The van der Waals surface area contributed by atoms with Crippen LogP contribution < -0.4 is 5.32 Å². The fourth-order valence-corrected chi connectivity index (χ4v) is 4.38. The molecule has 1 fully saturated rings. The van der Waals surface area contributed by atoms with Crippen LogP contribution in [-0.4, -0.2) is 34.0 Å². The second kappa shape index (κ2) is 6.42. The first-order chi connectivity index (χ1) is 9.08. The Labute approximate surface area is 117 Å². The van der Waals surface area contributed by atoms with Gasteiger partial charge in [0.05, 0.1) is 4.92 Å². The van der Waals surface area contributed by atoms with E-state index in [-0.39, 0.29) is 5.69 Å². The zero-order valence-corrected chi connectivity index (χ0v) is 11.5. The average molecular weight is 306 g/mol. The lowest BCUT2D eigenvalue weighted by atomic mass is 10.2. The molecule has 0 bridgehead atoms. The highest BCUT2D eigenvalue weighted by Crippen LogP contribution is 2.30. The lowest BCUT2D eigenvalue weighted by molar-refractivity contribution is -0.386. The summed E-state index contributed by atoms with van der Waals surface area (Å²) in [5.41, 5.74) is -0.798. The molecule has 8 heteroatoms. The molecule has 1 saturated heterocycles. The van der Waals surface area contributed by atoms with Crippen molar-refractivity contribution in [2.75, 3.05) is 29.1 Å². The quantitative estimate of drug-likeness (QED) is 0.684. The highest BCUT2D eigenvalue weighted by atomic mass is 32.2. The average Bonchev–Trinajstić information content (AvgIpc) is 2.36. The Hall–Kier alpha value is -1.02. The third kappa shape index (κ3) is 3.73. The van der Waals surface area contributed by atoms with E-state index in [4.69, 9.17) is 0 Å². The van der Waals surface area contributed by atoms with Gasteiger partial charge < -0.3 is 5.32 Å². The van der Waals surface area contributed by atoms with Gasteiger partial charge in [-0.25, -0.2) is 4.39 Å². The van der Waals surface area contributed by atoms with Crippen LogP contribution in [0, 0.1) is 21.7 Å². The van der Waals surface area contributed by atoms with Gasteiger partial charge in [0.15, 0.2) is 0 Å². The number of hydrogen-bond acceptors (Lipinski definition) is 5. The Balaban J connectivity index is 2.12. The van der Waals surface area contributed by atoms with Gasteiger partial charge in [0.25, 0.3) is 0 Å². The molecule has 1 N–H and O–H groups in total. The number of halogens is 2. The van der Waals surface area contributed by atoms with Crippen molar-refractivity contribution in [3.8, 4) is 0 Å². The van der Waals surface area contributed by atoms with Crippen LogP contribution in [0.2, 0.25) is 0 Å². The molecule has 0 amide bonds. The van der Waals surface area contributed by atoms with E-state index in [2.05, 4.69) is 5.32 Å². The van der Waals surface area contributed by atoms with Gasteiger partial charge in [-0.3, -0.25) is 10.1 Å². The highest BCUT2D eigenvalue weighted by molar-refractivity contribution is 8.06. The van der Waals surface area contributed by atoms with E-state index in [0.717, 1.165) is 23.3 Å². The zero-order valence-electron chi connectivity index (χ0n) is 9.90. The molecule has 1 heterocycles. The number of nitro groups is 1. The number of nitrogens with zero attached hydrogens (tertiary/aromatic N) is 1. The van der Waals surface area contributed by atoms with Crippen LogP contribution in [0.5, 0.6) is 0 Å². The maximum Gasteiger partial charge on any atom is 0.327 e. The van der Waals surface area contributed by atoms with Gasteiger partial charge in [-0.1, -0.05) is 0 Å². The summed E-state index contributed by atoms with van der Waals surface area (Å²) in [6, 6.07) is 1.48. The molecule has 104 valence electrons. The second-order valence-electron chi connectivity index (χ2n) is 3.99. The molecule has 0 radical (unpaired) electrons. The van der Waals surface area contributed by atoms with Gasteiger partial charge in [0, 0.05) is 41.2 Å². The Morgan fingerprint density at radius 1 is 1.42 bits per heavy atom. The monoisotopic (exact) mass is 306 g/mol. The molecule has 1 atom stereocenters. The first kappa shape index (κ1) is 14.4. The predicted molar refractivity (Wildman–Crippen MR) is 75.1 cm³/mol. The van der Waals surface area contributed by atoms with Crippen molar-refractivity contribution < 1.29 is 13.7 Å². The SMILES string of the molecule is O=[N+]([O-])c1c(F)cc(F)cc1NCC1CSCCS1. The maximum absolute atomic E-state index is 13.4. The van der Waals surface area contributed by atoms with E-state index in [0.29, 0.717) is 17.9 Å². The molecule has 0 aromatic heterocycles. The number of thioether (sulfide) groups is 2. The summed E-state index contributed by atoms with van der Waals surface area (Å²) in [7, 11) is 0. The third-order valence-corrected chi connectivity index (χ3v) is 5.46. The van der Waals surface area contributed by atoms with E-state index in [1.807, 2.05) is 11.8 Å². The molecule has 1 aromatic carbocycles. The molecule has 0 saturated carbocycles. The van der Waals surface area contributed by atoms with E-state index in [1.165, 1.54) is 0 Å². The Kier molecular flexibility index (Phi) is 4.87. The Morgan fingerprint density at radius 2 is 2.21 bits per heavy atom. The zero-order chi connectivity index (χ0) is 13.8. The van der Waals surface area contributed by atoms with Gasteiger partial charge >= 0.3 is 5.69 Å². The van der Waals surface area contributed by atoms with E-state index >= 15 is 0 Å². The lowest BCUT2D eigenvalue weighted by Crippen LogP contribution is -2.23. The van der Waals surface area contributed by atoms with Gasteiger partial charge in [-0.05, 0) is 0 Å². The van der Waals surface area contributed by atoms with Crippen LogP contribution in [0.4, 0.5) is 20.2 Å². The van der Waals surface area contributed by atoms with Crippen molar-refractivity contribution in [3.63, 3.8) is 0 Å². The number of nitro benzene ring substituents is 1. The minimum atomic E-state index is -1.15. The summed E-state index contributed by atoms with van der Waals surface area (Å²) >= 11 is 3.58. The summed E-state index contributed by atoms with van der Waals surface area (Å²) in [4.78, 5) is 9.97. The summed E-state index contributed by atoms with van der Waals surface area (Å²) < 4.78 is 26.5. The number of anilines is 1. The largest absolute Gasteiger partial charge is 0.378 e. The number of rotatable bonds is 4. The molecular formula is C11H12F2N2O2S2. The minimum Gasteiger partial charge on any atom is -0.378 e. The molecule has 0 spiro atoms. The molecule has 1 aliphatic rings. The molecule has 4 nitrogen and oxygen atoms in total. The van der Waals surface area contributed by atoms with Crippen molar-refractivity contribution in [1.82, 2.24) is 0 Å². The fourth-order valence-electron chi connectivity index (χ4n) is 1.76. The summed E-state index contributed by atoms with van der Waals surface area (Å²) in [5.74, 6) is 1.07. The highest BCUT2D eigenvalue weighted by Gasteiger charge is 2.23. The summed E-state index contributed by atoms with van der Waals surface area (Å²) in [6.45, 7) is 0.460. The molecule has 2 rings (SSSR count). The maximum atomic E-state index is 13.4. The number of nitrogens with one attached hydrogen (secondary N) is 1. The Bertz CT molecular complexity index is 482. The van der Waals surface area contributed by atoms with E-state index < -0.39 is 22.2 Å². The van der Waals surface area contributed by atoms with Crippen molar-refractivity contribution in [2.24, 2.45) is 0 Å². The van der Waals surface area contributed by atoms with Gasteiger partial charge in [-0.15, -0.1) is 0 Å².